The van der Waals surface area contributed by atoms with Gasteiger partial charge in [0.05, 0.1) is 15.7 Å². The zero-order valence-corrected chi connectivity index (χ0v) is 10.6. The fourth-order valence-electron chi connectivity index (χ4n) is 1.76. The molecular weight excluding hydrogens is 254 g/mol. The second-order valence-corrected chi connectivity index (χ2v) is 4.98. The number of likely N-dealkylation sites (tertiary alicyclic amines) is 1. The Labute approximate surface area is 109 Å². The first-order chi connectivity index (χ1) is 8.66. The van der Waals surface area contributed by atoms with Gasteiger partial charge in [-0.15, -0.1) is 0 Å². The molecule has 2 heterocycles. The number of hydrogen-bond acceptors (Lipinski definition) is 5. The van der Waals surface area contributed by atoms with Crippen molar-refractivity contribution in [1.82, 2.24) is 9.88 Å². The Bertz CT molecular complexity index is 443. The van der Waals surface area contributed by atoms with Crippen LogP contribution in [0.15, 0.2) is 23.4 Å². The van der Waals surface area contributed by atoms with Crippen molar-refractivity contribution in [1.29, 1.82) is 0 Å². The fourth-order valence-corrected chi connectivity index (χ4v) is 2.50. The molecule has 1 aliphatic rings. The van der Waals surface area contributed by atoms with Gasteiger partial charge in [0, 0.05) is 19.2 Å². The van der Waals surface area contributed by atoms with Crippen molar-refractivity contribution in [3.8, 4) is 0 Å². The number of amides is 1. The van der Waals surface area contributed by atoms with Crippen molar-refractivity contribution in [3.63, 3.8) is 0 Å². The summed E-state index contributed by atoms with van der Waals surface area (Å²) < 4.78 is 0. The van der Waals surface area contributed by atoms with Crippen molar-refractivity contribution in [2.24, 2.45) is 0 Å². The van der Waals surface area contributed by atoms with Crippen LogP contribution in [0.3, 0.4) is 0 Å². The maximum atomic E-state index is 11.8. The van der Waals surface area contributed by atoms with Crippen LogP contribution in [0.25, 0.3) is 0 Å². The van der Waals surface area contributed by atoms with E-state index in [-0.39, 0.29) is 11.6 Å². The molecule has 1 amide bonds. The summed E-state index contributed by atoms with van der Waals surface area (Å²) in [4.78, 5) is 27.5. The number of carbonyl (C=O) groups excluding carboxylic acids is 1. The molecule has 0 saturated carbocycles. The highest BCUT2D eigenvalue weighted by Gasteiger charge is 2.18. The number of pyridine rings is 1. The molecule has 0 aliphatic carbocycles. The van der Waals surface area contributed by atoms with Crippen LogP contribution in [0.1, 0.15) is 12.8 Å². The summed E-state index contributed by atoms with van der Waals surface area (Å²) in [5.74, 6) is 0.447. The van der Waals surface area contributed by atoms with Gasteiger partial charge in [-0.25, -0.2) is 4.98 Å². The normalized spacial score (nSPS) is 14.8. The largest absolute Gasteiger partial charge is 0.342 e. The Balaban J connectivity index is 1.86. The summed E-state index contributed by atoms with van der Waals surface area (Å²) in [5, 5.41) is 11.1. The molecule has 0 spiro atoms. The lowest BCUT2D eigenvalue weighted by atomic mass is 10.4. The van der Waals surface area contributed by atoms with Gasteiger partial charge in [0.1, 0.15) is 6.20 Å². The van der Waals surface area contributed by atoms with Gasteiger partial charge in [-0.3, -0.25) is 14.9 Å². The lowest BCUT2D eigenvalue weighted by Gasteiger charge is -2.14. The Morgan fingerprint density at radius 1 is 1.44 bits per heavy atom. The first kappa shape index (κ1) is 12.8. The van der Waals surface area contributed by atoms with E-state index in [0.29, 0.717) is 10.8 Å². The van der Waals surface area contributed by atoms with E-state index in [0.717, 1.165) is 25.9 Å². The van der Waals surface area contributed by atoms with Crippen molar-refractivity contribution < 1.29 is 9.72 Å². The molecule has 1 saturated heterocycles. The van der Waals surface area contributed by atoms with Gasteiger partial charge in [-0.2, -0.15) is 0 Å². The van der Waals surface area contributed by atoms with Crippen molar-refractivity contribution in [2.75, 3.05) is 18.8 Å². The molecule has 0 aromatic carbocycles. The average Bonchev–Trinajstić information content (AvgIpc) is 2.90. The maximum absolute atomic E-state index is 11.8. The summed E-state index contributed by atoms with van der Waals surface area (Å²) in [5.41, 5.74) is -0.0368. The van der Waals surface area contributed by atoms with Crippen LogP contribution in [-0.4, -0.2) is 39.6 Å². The lowest BCUT2D eigenvalue weighted by Crippen LogP contribution is -2.29. The molecule has 1 fully saturated rings. The van der Waals surface area contributed by atoms with Gasteiger partial charge in [0.25, 0.3) is 5.69 Å². The topological polar surface area (TPSA) is 76.3 Å². The predicted octanol–water partition coefficient (Wildman–Crippen LogP) is 1.70. The molecule has 0 atom stereocenters. The Morgan fingerprint density at radius 3 is 2.72 bits per heavy atom. The van der Waals surface area contributed by atoms with E-state index < -0.39 is 4.92 Å². The van der Waals surface area contributed by atoms with Crippen molar-refractivity contribution in [2.45, 2.75) is 17.9 Å². The molecule has 96 valence electrons. The Kier molecular flexibility index (Phi) is 4.14. The number of nitro groups is 1. The van der Waals surface area contributed by atoms with Gasteiger partial charge in [0.15, 0.2) is 0 Å². The maximum Gasteiger partial charge on any atom is 0.287 e. The average molecular weight is 267 g/mol. The number of rotatable bonds is 4. The van der Waals surface area contributed by atoms with Gasteiger partial charge in [-0.1, -0.05) is 11.8 Å². The minimum absolute atomic E-state index is 0.0368. The molecule has 1 aromatic heterocycles. The number of hydrogen-bond donors (Lipinski definition) is 0. The monoisotopic (exact) mass is 267 g/mol. The van der Waals surface area contributed by atoms with Crippen LogP contribution in [0.2, 0.25) is 0 Å². The zero-order chi connectivity index (χ0) is 13.0. The van der Waals surface area contributed by atoms with Gasteiger partial charge >= 0.3 is 0 Å². The standard InChI is InChI=1S/C11H13N3O3S/c15-11(13-5-1-2-6-13)8-18-10-4-3-9(7-12-10)14(16)17/h3-4,7H,1-2,5-6,8H2. The van der Waals surface area contributed by atoms with Gasteiger partial charge in [-0.05, 0) is 18.9 Å². The molecule has 2 rings (SSSR count). The zero-order valence-electron chi connectivity index (χ0n) is 9.74. The summed E-state index contributed by atoms with van der Waals surface area (Å²) in [6.45, 7) is 1.68. The molecule has 1 aromatic rings. The van der Waals surface area contributed by atoms with E-state index in [1.165, 1.54) is 24.0 Å². The summed E-state index contributed by atoms with van der Waals surface area (Å²) in [6, 6.07) is 2.97. The summed E-state index contributed by atoms with van der Waals surface area (Å²) in [7, 11) is 0. The summed E-state index contributed by atoms with van der Waals surface area (Å²) in [6.07, 6.45) is 3.36. The van der Waals surface area contributed by atoms with Crippen LogP contribution in [0, 0.1) is 10.1 Å². The number of carbonyl (C=O) groups is 1. The van der Waals surface area contributed by atoms with Crippen LogP contribution in [0.4, 0.5) is 5.69 Å². The number of aromatic nitrogens is 1. The number of thioether (sulfide) groups is 1. The predicted molar refractivity (Wildman–Crippen MR) is 67.4 cm³/mol. The van der Waals surface area contributed by atoms with E-state index in [2.05, 4.69) is 4.98 Å². The third-order valence-electron chi connectivity index (χ3n) is 2.73. The molecule has 0 N–H and O–H groups in total. The van der Waals surface area contributed by atoms with E-state index in [1.54, 1.807) is 6.07 Å². The van der Waals surface area contributed by atoms with Crippen LogP contribution in [-0.2, 0) is 4.79 Å². The van der Waals surface area contributed by atoms with Crippen LogP contribution in [0.5, 0.6) is 0 Å². The van der Waals surface area contributed by atoms with E-state index in [4.69, 9.17) is 0 Å². The molecule has 0 unspecified atom stereocenters. The second kappa shape index (κ2) is 5.81. The molecule has 6 nitrogen and oxygen atoms in total. The lowest BCUT2D eigenvalue weighted by molar-refractivity contribution is -0.385. The third kappa shape index (κ3) is 3.19. The second-order valence-electron chi connectivity index (χ2n) is 3.99. The summed E-state index contributed by atoms with van der Waals surface area (Å²) >= 11 is 1.31. The van der Waals surface area contributed by atoms with E-state index in [9.17, 15) is 14.9 Å². The Hall–Kier alpha value is -1.63. The van der Waals surface area contributed by atoms with Crippen molar-refractivity contribution in [3.05, 3.63) is 28.4 Å². The smallest absolute Gasteiger partial charge is 0.287 e. The molecule has 7 heteroatoms. The van der Waals surface area contributed by atoms with Gasteiger partial charge in [0.2, 0.25) is 5.91 Å². The first-order valence-electron chi connectivity index (χ1n) is 5.68. The fraction of sp³-hybridized carbons (Fsp3) is 0.455. The first-order valence-corrected chi connectivity index (χ1v) is 6.66. The highest BCUT2D eigenvalue weighted by Crippen LogP contribution is 2.19. The Morgan fingerprint density at radius 2 is 2.17 bits per heavy atom. The molecule has 0 radical (unpaired) electrons. The number of nitrogens with zero attached hydrogens (tertiary/aromatic N) is 3. The highest BCUT2D eigenvalue weighted by atomic mass is 32.2. The van der Waals surface area contributed by atoms with Crippen molar-refractivity contribution >= 4 is 23.4 Å². The molecule has 1 aliphatic heterocycles. The van der Waals surface area contributed by atoms with Crippen LogP contribution < -0.4 is 0 Å². The van der Waals surface area contributed by atoms with Gasteiger partial charge < -0.3 is 4.90 Å². The quantitative estimate of drug-likeness (QED) is 0.471. The van der Waals surface area contributed by atoms with E-state index in [1.807, 2.05) is 4.90 Å². The minimum Gasteiger partial charge on any atom is -0.342 e. The van der Waals surface area contributed by atoms with Crippen LogP contribution >= 0.6 is 11.8 Å². The molecular formula is C11H13N3O3S. The minimum atomic E-state index is -0.489. The third-order valence-corrected chi connectivity index (χ3v) is 3.66. The SMILES string of the molecule is O=C(CSc1ccc([N+](=O)[O-])cn1)N1CCCC1. The molecule has 0 bridgehead atoms. The molecule has 18 heavy (non-hydrogen) atoms. The highest BCUT2D eigenvalue weighted by molar-refractivity contribution is 7.99. The van der Waals surface area contributed by atoms with E-state index >= 15 is 0 Å².